The summed E-state index contributed by atoms with van der Waals surface area (Å²) in [5.41, 5.74) is 0. The first-order chi connectivity index (χ1) is 13.6. The Morgan fingerprint density at radius 2 is 1.25 bits per heavy atom. The van der Waals surface area contributed by atoms with Crippen LogP contribution >= 0.6 is 23.2 Å². The fourth-order valence-electron chi connectivity index (χ4n) is 6.35. The Balaban J connectivity index is 1.44. The van der Waals surface area contributed by atoms with Crippen molar-refractivity contribution in [3.8, 4) is 0 Å². The lowest BCUT2D eigenvalue weighted by Gasteiger charge is -2.45. The summed E-state index contributed by atoms with van der Waals surface area (Å²) in [6.07, 6.45) is 14.9. The van der Waals surface area contributed by atoms with Crippen LogP contribution in [0.4, 0.5) is 0 Å². The van der Waals surface area contributed by atoms with Crippen molar-refractivity contribution in [3.63, 3.8) is 0 Å². The molecule has 4 aliphatic rings. The molecule has 2 heterocycles. The van der Waals surface area contributed by atoms with Crippen LogP contribution in [-0.4, -0.2) is 41.2 Å². The maximum atomic E-state index is 13.4. The SMILES string of the molecule is O=C(C1CC(C2CCC(Cl)CC2)NC(C2CCC(Cl)CC2)C1)C1CCCCN1. The van der Waals surface area contributed by atoms with Gasteiger partial charge in [0.25, 0.3) is 0 Å². The van der Waals surface area contributed by atoms with E-state index in [0.717, 1.165) is 51.5 Å². The quantitative estimate of drug-likeness (QED) is 0.616. The largest absolute Gasteiger partial charge is 0.311 e. The normalized spacial score (nSPS) is 45.5. The van der Waals surface area contributed by atoms with Crippen LogP contribution in [0.3, 0.4) is 0 Å². The first kappa shape index (κ1) is 21.4. The minimum absolute atomic E-state index is 0.107. The molecule has 0 aromatic heterocycles. The first-order valence-corrected chi connectivity index (χ1v) is 12.8. The van der Waals surface area contributed by atoms with E-state index in [0.29, 0.717) is 40.5 Å². The van der Waals surface area contributed by atoms with E-state index in [2.05, 4.69) is 10.6 Å². The van der Waals surface area contributed by atoms with Gasteiger partial charge in [-0.15, -0.1) is 23.2 Å². The maximum Gasteiger partial charge on any atom is 0.152 e. The number of halogens is 2. The van der Waals surface area contributed by atoms with Crippen LogP contribution in [-0.2, 0) is 4.79 Å². The highest BCUT2D eigenvalue weighted by Gasteiger charge is 2.41. The molecule has 0 aromatic rings. The van der Waals surface area contributed by atoms with Crippen LogP contribution in [0.15, 0.2) is 0 Å². The average molecular weight is 429 g/mol. The zero-order valence-electron chi connectivity index (χ0n) is 17.2. The van der Waals surface area contributed by atoms with Gasteiger partial charge in [-0.05, 0) is 95.4 Å². The van der Waals surface area contributed by atoms with Crippen LogP contribution < -0.4 is 10.6 Å². The summed E-state index contributed by atoms with van der Waals surface area (Å²) in [5, 5.41) is 8.28. The molecule has 2 aliphatic heterocycles. The smallest absolute Gasteiger partial charge is 0.152 e. The number of rotatable bonds is 4. The molecule has 0 aromatic carbocycles. The second-order valence-corrected chi connectivity index (χ2v) is 11.2. The molecule has 28 heavy (non-hydrogen) atoms. The number of hydrogen-bond acceptors (Lipinski definition) is 3. The standard InChI is InChI=1S/C23H38Cl2N2O/c24-18-8-4-15(5-9-18)21-13-17(23(28)20-3-1-2-12-26-20)14-22(27-21)16-6-10-19(25)11-7-16/h15-22,26-27H,1-14H2. The molecular formula is C23H38Cl2N2O. The van der Waals surface area contributed by atoms with E-state index in [9.17, 15) is 4.79 Å². The molecule has 0 bridgehead atoms. The molecule has 2 saturated carbocycles. The molecular weight excluding hydrogens is 391 g/mol. The summed E-state index contributed by atoms with van der Waals surface area (Å²) >= 11 is 12.7. The van der Waals surface area contributed by atoms with Crippen LogP contribution in [0.2, 0.25) is 0 Å². The van der Waals surface area contributed by atoms with E-state index in [1.807, 2.05) is 0 Å². The van der Waals surface area contributed by atoms with Crippen molar-refractivity contribution < 1.29 is 4.79 Å². The van der Waals surface area contributed by atoms with Crippen molar-refractivity contribution >= 4 is 29.0 Å². The van der Waals surface area contributed by atoms with Crippen LogP contribution in [0.1, 0.15) is 83.5 Å². The van der Waals surface area contributed by atoms with Crippen molar-refractivity contribution in [2.45, 2.75) is 112 Å². The van der Waals surface area contributed by atoms with Gasteiger partial charge in [-0.25, -0.2) is 0 Å². The number of ketones is 1. The molecule has 3 nitrogen and oxygen atoms in total. The third-order valence-electron chi connectivity index (χ3n) is 8.10. The Hall–Kier alpha value is 0.170. The molecule has 2 aliphatic carbocycles. The van der Waals surface area contributed by atoms with Gasteiger partial charge in [0.2, 0.25) is 0 Å². The average Bonchev–Trinajstić information content (AvgIpc) is 2.74. The van der Waals surface area contributed by atoms with E-state index in [-0.39, 0.29) is 12.0 Å². The molecule has 3 atom stereocenters. The van der Waals surface area contributed by atoms with Gasteiger partial charge in [0.15, 0.2) is 5.78 Å². The van der Waals surface area contributed by atoms with E-state index in [4.69, 9.17) is 23.2 Å². The number of hydrogen-bond donors (Lipinski definition) is 2. The van der Waals surface area contributed by atoms with Crippen LogP contribution in [0.25, 0.3) is 0 Å². The Labute approximate surface area is 181 Å². The Morgan fingerprint density at radius 1 is 0.714 bits per heavy atom. The third kappa shape index (κ3) is 5.25. The second kappa shape index (κ2) is 9.98. The van der Waals surface area contributed by atoms with Crippen LogP contribution in [0, 0.1) is 17.8 Å². The zero-order valence-corrected chi connectivity index (χ0v) is 18.7. The summed E-state index contributed by atoms with van der Waals surface area (Å²) in [7, 11) is 0. The number of carbonyl (C=O) groups excluding carboxylic acids is 1. The highest BCUT2D eigenvalue weighted by molar-refractivity contribution is 6.20. The topological polar surface area (TPSA) is 41.1 Å². The maximum absolute atomic E-state index is 13.4. The molecule has 2 N–H and O–H groups in total. The highest BCUT2D eigenvalue weighted by atomic mass is 35.5. The van der Waals surface area contributed by atoms with E-state index in [1.165, 1.54) is 38.5 Å². The lowest BCUT2D eigenvalue weighted by Crippen LogP contribution is -2.56. The Morgan fingerprint density at radius 3 is 1.71 bits per heavy atom. The summed E-state index contributed by atoms with van der Waals surface area (Å²) in [6.45, 7) is 1.01. The van der Waals surface area contributed by atoms with Crippen LogP contribution in [0.5, 0.6) is 0 Å². The molecule has 0 spiro atoms. The lowest BCUT2D eigenvalue weighted by atomic mass is 9.70. The summed E-state index contributed by atoms with van der Waals surface area (Å²) in [5.74, 6) is 2.12. The Kier molecular flexibility index (Phi) is 7.63. The highest BCUT2D eigenvalue weighted by Crippen LogP contribution is 2.39. The number of nitrogens with one attached hydrogen (secondary N) is 2. The first-order valence-electron chi connectivity index (χ1n) is 11.9. The fourth-order valence-corrected chi connectivity index (χ4v) is 6.85. The van der Waals surface area contributed by atoms with Gasteiger partial charge in [0.05, 0.1) is 6.04 Å². The molecule has 0 amide bonds. The van der Waals surface area contributed by atoms with E-state index in [1.54, 1.807) is 0 Å². The molecule has 4 rings (SSSR count). The summed E-state index contributed by atoms with van der Waals surface area (Å²) in [6, 6.07) is 1.10. The fraction of sp³-hybridized carbons (Fsp3) is 0.957. The minimum Gasteiger partial charge on any atom is -0.311 e. The summed E-state index contributed by atoms with van der Waals surface area (Å²) < 4.78 is 0. The van der Waals surface area contributed by atoms with Gasteiger partial charge in [-0.2, -0.15) is 0 Å². The van der Waals surface area contributed by atoms with Crippen molar-refractivity contribution in [2.75, 3.05) is 6.54 Å². The van der Waals surface area contributed by atoms with Gasteiger partial charge >= 0.3 is 0 Å². The third-order valence-corrected chi connectivity index (χ3v) is 8.97. The molecule has 3 unspecified atom stereocenters. The number of piperidine rings is 2. The summed E-state index contributed by atoms with van der Waals surface area (Å²) in [4.78, 5) is 13.4. The molecule has 160 valence electrons. The minimum atomic E-state index is 0.107. The second-order valence-electron chi connectivity index (χ2n) is 9.98. The number of alkyl halides is 2. The monoisotopic (exact) mass is 428 g/mol. The van der Waals surface area contributed by atoms with Crippen molar-refractivity contribution in [3.05, 3.63) is 0 Å². The molecule has 4 fully saturated rings. The number of Topliss-reactive ketones (excluding diaryl/α,β-unsaturated/α-hetero) is 1. The number of carbonyl (C=O) groups is 1. The molecule has 0 radical (unpaired) electrons. The predicted molar refractivity (Wildman–Crippen MR) is 117 cm³/mol. The van der Waals surface area contributed by atoms with Gasteiger partial charge in [-0.3, -0.25) is 4.79 Å². The van der Waals surface area contributed by atoms with Gasteiger partial charge in [0.1, 0.15) is 0 Å². The zero-order chi connectivity index (χ0) is 19.5. The van der Waals surface area contributed by atoms with E-state index >= 15 is 0 Å². The molecule has 5 heteroatoms. The van der Waals surface area contributed by atoms with Crippen molar-refractivity contribution in [1.82, 2.24) is 10.6 Å². The molecule has 2 saturated heterocycles. The van der Waals surface area contributed by atoms with Gasteiger partial charge in [-0.1, -0.05) is 6.42 Å². The van der Waals surface area contributed by atoms with Gasteiger partial charge < -0.3 is 10.6 Å². The van der Waals surface area contributed by atoms with Crippen molar-refractivity contribution in [2.24, 2.45) is 17.8 Å². The predicted octanol–water partition coefficient (Wildman–Crippen LogP) is 5.03. The Bertz CT molecular complexity index is 479. The van der Waals surface area contributed by atoms with Crippen molar-refractivity contribution in [1.29, 1.82) is 0 Å². The van der Waals surface area contributed by atoms with Gasteiger partial charge in [0, 0.05) is 28.8 Å². The van der Waals surface area contributed by atoms with E-state index < -0.39 is 0 Å². The lowest BCUT2D eigenvalue weighted by molar-refractivity contribution is -0.127.